The maximum Gasteiger partial charge on any atom is 0.251 e. The van der Waals surface area contributed by atoms with Crippen molar-refractivity contribution in [1.29, 1.82) is 0 Å². The standard InChI is InChI=1S/C11H8BrNO3/c1-5-3-8(15)13(2)10-7(14)4-6(12)11(16)9(5)10/h3-4H,1-2H3. The van der Waals surface area contributed by atoms with Crippen LogP contribution in [-0.4, -0.2) is 16.1 Å². The fraction of sp³-hybridized carbons (Fsp3) is 0.182. The molecule has 5 heteroatoms. The van der Waals surface area contributed by atoms with E-state index in [4.69, 9.17) is 0 Å². The maximum absolute atomic E-state index is 11.9. The second-order valence-electron chi connectivity index (χ2n) is 3.63. The molecule has 0 aromatic carbocycles. The van der Waals surface area contributed by atoms with Crippen LogP contribution in [0.1, 0.15) is 26.4 Å². The van der Waals surface area contributed by atoms with Crippen LogP contribution in [0, 0.1) is 6.92 Å². The van der Waals surface area contributed by atoms with E-state index >= 15 is 0 Å². The lowest BCUT2D eigenvalue weighted by molar-refractivity contribution is 0.0984. The summed E-state index contributed by atoms with van der Waals surface area (Å²) < 4.78 is 1.44. The Hall–Kier alpha value is -1.49. The number of ketones is 2. The molecule has 1 aromatic rings. The summed E-state index contributed by atoms with van der Waals surface area (Å²) >= 11 is 3.04. The summed E-state index contributed by atoms with van der Waals surface area (Å²) in [4.78, 5) is 35.1. The van der Waals surface area contributed by atoms with E-state index in [2.05, 4.69) is 15.9 Å². The van der Waals surface area contributed by atoms with Crippen molar-refractivity contribution in [2.45, 2.75) is 6.92 Å². The van der Waals surface area contributed by atoms with Gasteiger partial charge in [0.15, 0.2) is 0 Å². The first-order chi connectivity index (χ1) is 7.43. The molecule has 0 N–H and O–H groups in total. The van der Waals surface area contributed by atoms with Crippen LogP contribution in [0.25, 0.3) is 0 Å². The molecule has 0 spiro atoms. The Morgan fingerprint density at radius 1 is 1.25 bits per heavy atom. The van der Waals surface area contributed by atoms with Gasteiger partial charge in [-0.25, -0.2) is 0 Å². The monoisotopic (exact) mass is 281 g/mol. The number of pyridine rings is 1. The predicted octanol–water partition coefficient (Wildman–Crippen LogP) is 1.35. The smallest absolute Gasteiger partial charge is 0.251 e. The van der Waals surface area contributed by atoms with Crippen molar-refractivity contribution in [2.24, 2.45) is 7.05 Å². The van der Waals surface area contributed by atoms with Gasteiger partial charge in [-0.2, -0.15) is 0 Å². The van der Waals surface area contributed by atoms with Gasteiger partial charge in [-0.05, 0) is 28.4 Å². The van der Waals surface area contributed by atoms with Gasteiger partial charge in [0.05, 0.1) is 10.0 Å². The van der Waals surface area contributed by atoms with Gasteiger partial charge < -0.3 is 4.57 Å². The predicted molar refractivity (Wildman–Crippen MR) is 62.1 cm³/mol. The summed E-state index contributed by atoms with van der Waals surface area (Å²) in [6.45, 7) is 1.65. The third kappa shape index (κ3) is 1.39. The zero-order valence-electron chi connectivity index (χ0n) is 8.70. The maximum atomic E-state index is 11.9. The number of Topliss-reactive ketones (excluding diaryl/α,β-unsaturated/α-hetero) is 1. The van der Waals surface area contributed by atoms with Crippen molar-refractivity contribution in [3.8, 4) is 0 Å². The lowest BCUT2D eigenvalue weighted by Gasteiger charge is -2.16. The van der Waals surface area contributed by atoms with Crippen LogP contribution in [0.5, 0.6) is 0 Å². The van der Waals surface area contributed by atoms with E-state index < -0.39 is 0 Å². The van der Waals surface area contributed by atoms with E-state index in [0.717, 1.165) is 0 Å². The fourth-order valence-electron chi connectivity index (χ4n) is 1.76. The van der Waals surface area contributed by atoms with Gasteiger partial charge in [0.2, 0.25) is 11.6 Å². The largest absolute Gasteiger partial charge is 0.308 e. The van der Waals surface area contributed by atoms with Gasteiger partial charge in [0.1, 0.15) is 5.69 Å². The second-order valence-corrected chi connectivity index (χ2v) is 4.49. The molecule has 0 unspecified atom stereocenters. The SMILES string of the molecule is Cc1cc(=O)n(C)c2c1C(=O)C(Br)=CC2=O. The summed E-state index contributed by atoms with van der Waals surface area (Å²) in [7, 11) is 1.48. The summed E-state index contributed by atoms with van der Waals surface area (Å²) in [5.41, 5.74) is 0.713. The first-order valence-electron chi connectivity index (χ1n) is 4.60. The molecule has 1 aliphatic rings. The number of aryl methyl sites for hydroxylation is 1. The number of aromatic nitrogens is 1. The van der Waals surface area contributed by atoms with Crippen molar-refractivity contribution < 1.29 is 9.59 Å². The molecule has 1 aliphatic carbocycles. The number of rotatable bonds is 0. The molecule has 0 bridgehead atoms. The molecule has 0 saturated heterocycles. The van der Waals surface area contributed by atoms with Crippen molar-refractivity contribution in [2.75, 3.05) is 0 Å². The zero-order chi connectivity index (χ0) is 12.0. The van der Waals surface area contributed by atoms with E-state index in [1.807, 2.05) is 0 Å². The van der Waals surface area contributed by atoms with Crippen LogP contribution in [0.3, 0.4) is 0 Å². The van der Waals surface area contributed by atoms with Crippen LogP contribution in [0.15, 0.2) is 21.4 Å². The lowest BCUT2D eigenvalue weighted by Crippen LogP contribution is -2.29. The Bertz CT molecular complexity index is 610. The molecule has 0 saturated carbocycles. The van der Waals surface area contributed by atoms with Gasteiger partial charge in [-0.15, -0.1) is 0 Å². The number of halogens is 1. The Balaban J connectivity index is 2.92. The van der Waals surface area contributed by atoms with Crippen LogP contribution >= 0.6 is 15.9 Å². The highest BCUT2D eigenvalue weighted by atomic mass is 79.9. The molecule has 16 heavy (non-hydrogen) atoms. The molecule has 0 fully saturated rings. The molecule has 1 aromatic heterocycles. The van der Waals surface area contributed by atoms with Gasteiger partial charge >= 0.3 is 0 Å². The molecule has 2 rings (SSSR count). The first kappa shape index (κ1) is 11.0. The molecule has 82 valence electrons. The van der Waals surface area contributed by atoms with Crippen LogP contribution in [0.4, 0.5) is 0 Å². The van der Waals surface area contributed by atoms with Crippen molar-refractivity contribution in [1.82, 2.24) is 4.57 Å². The topological polar surface area (TPSA) is 56.1 Å². The number of hydrogen-bond acceptors (Lipinski definition) is 3. The highest BCUT2D eigenvalue weighted by Crippen LogP contribution is 2.25. The zero-order valence-corrected chi connectivity index (χ0v) is 10.3. The number of nitrogens with zero attached hydrogens (tertiary/aromatic N) is 1. The van der Waals surface area contributed by atoms with Crippen LogP contribution in [0.2, 0.25) is 0 Å². The Kier molecular flexibility index (Phi) is 2.42. The molecule has 4 nitrogen and oxygen atoms in total. The van der Waals surface area contributed by atoms with E-state index in [9.17, 15) is 14.4 Å². The van der Waals surface area contributed by atoms with E-state index in [-0.39, 0.29) is 27.3 Å². The van der Waals surface area contributed by atoms with E-state index in [1.165, 1.54) is 23.8 Å². The minimum atomic E-state index is -0.329. The number of allylic oxidation sites excluding steroid dienone is 2. The molecule has 0 amide bonds. The molecular formula is C11H8BrNO3. The first-order valence-corrected chi connectivity index (χ1v) is 5.39. The number of carbonyl (C=O) groups excluding carboxylic acids is 2. The van der Waals surface area contributed by atoms with Crippen LogP contribution < -0.4 is 5.56 Å². The molecule has 0 radical (unpaired) electrons. The average molecular weight is 282 g/mol. The van der Waals surface area contributed by atoms with Gasteiger partial charge in [0, 0.05) is 19.2 Å². The van der Waals surface area contributed by atoms with E-state index in [1.54, 1.807) is 6.92 Å². The third-order valence-electron chi connectivity index (χ3n) is 2.57. The fourth-order valence-corrected chi connectivity index (χ4v) is 2.17. The van der Waals surface area contributed by atoms with Gasteiger partial charge in [-0.1, -0.05) is 0 Å². The van der Waals surface area contributed by atoms with Crippen molar-refractivity contribution >= 4 is 27.5 Å². The second kappa shape index (κ2) is 3.52. The van der Waals surface area contributed by atoms with Gasteiger partial charge in [0.25, 0.3) is 5.56 Å². The van der Waals surface area contributed by atoms with Crippen molar-refractivity contribution in [3.63, 3.8) is 0 Å². The Labute approximate surface area is 99.7 Å². The minimum Gasteiger partial charge on any atom is -0.308 e. The third-order valence-corrected chi connectivity index (χ3v) is 3.16. The molecular weight excluding hydrogens is 274 g/mol. The summed E-state index contributed by atoms with van der Waals surface area (Å²) in [5.74, 6) is -0.590. The number of hydrogen-bond donors (Lipinski definition) is 0. The summed E-state index contributed by atoms with van der Waals surface area (Å²) in [6, 6.07) is 1.36. The Morgan fingerprint density at radius 3 is 2.50 bits per heavy atom. The molecule has 1 heterocycles. The molecule has 0 aliphatic heterocycles. The molecule has 0 atom stereocenters. The van der Waals surface area contributed by atoms with E-state index in [0.29, 0.717) is 11.1 Å². The average Bonchev–Trinajstić information content (AvgIpc) is 2.20. The lowest BCUT2D eigenvalue weighted by atomic mass is 9.95. The minimum absolute atomic E-state index is 0.165. The van der Waals surface area contributed by atoms with Gasteiger partial charge in [-0.3, -0.25) is 14.4 Å². The van der Waals surface area contributed by atoms with Crippen molar-refractivity contribution in [3.05, 3.63) is 43.8 Å². The summed E-state index contributed by atoms with van der Waals surface area (Å²) in [6.07, 6.45) is 1.20. The number of fused-ring (bicyclic) bond motifs is 1. The quantitative estimate of drug-likeness (QED) is 0.721. The Morgan fingerprint density at radius 2 is 1.88 bits per heavy atom. The highest BCUT2D eigenvalue weighted by molar-refractivity contribution is 9.12. The van der Waals surface area contributed by atoms with Crippen LogP contribution in [-0.2, 0) is 7.05 Å². The number of carbonyl (C=O) groups is 2. The normalized spacial score (nSPS) is 14.8. The highest BCUT2D eigenvalue weighted by Gasteiger charge is 2.28. The summed E-state index contributed by atoms with van der Waals surface area (Å²) in [5, 5.41) is 0.